The minimum atomic E-state index is -0.428. The zero-order valence-electron chi connectivity index (χ0n) is 14.4. The van der Waals surface area contributed by atoms with E-state index >= 15 is 0 Å². The summed E-state index contributed by atoms with van der Waals surface area (Å²) in [6, 6.07) is 5.97. The summed E-state index contributed by atoms with van der Waals surface area (Å²) in [6.45, 7) is 4.31. The third-order valence-corrected chi connectivity index (χ3v) is 4.19. The van der Waals surface area contributed by atoms with Crippen LogP contribution in [0.3, 0.4) is 0 Å². The molecule has 5 nitrogen and oxygen atoms in total. The van der Waals surface area contributed by atoms with Gasteiger partial charge in [0.2, 0.25) is 0 Å². The van der Waals surface area contributed by atoms with Gasteiger partial charge in [0.15, 0.2) is 0 Å². The molecule has 0 aliphatic heterocycles. The maximum atomic E-state index is 13.0. The highest BCUT2D eigenvalue weighted by molar-refractivity contribution is 5.74. The number of aliphatic hydroxyl groups excluding tert-OH is 1. The van der Waals surface area contributed by atoms with Crippen LogP contribution in [0.15, 0.2) is 24.3 Å². The van der Waals surface area contributed by atoms with Crippen molar-refractivity contribution in [3.63, 3.8) is 0 Å². The van der Waals surface area contributed by atoms with Crippen LogP contribution in [0.1, 0.15) is 38.3 Å². The molecule has 130 valence electrons. The molecule has 0 aromatic heterocycles. The Morgan fingerprint density at radius 3 is 2.43 bits per heavy atom. The van der Waals surface area contributed by atoms with Crippen molar-refractivity contribution < 1.29 is 14.3 Å². The number of hydrogen-bond donors (Lipinski definition) is 3. The third kappa shape index (κ3) is 6.15. The monoisotopic (exact) mass is 325 g/mol. The Labute approximate surface area is 137 Å². The number of amides is 2. The Balaban J connectivity index is 2.65. The second-order valence-electron chi connectivity index (χ2n) is 6.25. The number of nitrogens with one attached hydrogen (secondary N) is 2. The molecule has 0 aliphatic rings. The molecule has 1 aromatic rings. The Morgan fingerprint density at radius 2 is 1.96 bits per heavy atom. The average Bonchev–Trinajstić information content (AvgIpc) is 2.49. The van der Waals surface area contributed by atoms with Crippen LogP contribution in [0.2, 0.25) is 0 Å². The zero-order valence-corrected chi connectivity index (χ0v) is 14.4. The second-order valence-corrected chi connectivity index (χ2v) is 6.25. The first-order valence-corrected chi connectivity index (χ1v) is 7.90. The van der Waals surface area contributed by atoms with Gasteiger partial charge in [-0.3, -0.25) is 0 Å². The van der Waals surface area contributed by atoms with E-state index in [1.807, 2.05) is 32.8 Å². The fourth-order valence-corrected chi connectivity index (χ4v) is 2.37. The van der Waals surface area contributed by atoms with E-state index < -0.39 is 5.54 Å². The van der Waals surface area contributed by atoms with Crippen LogP contribution in [-0.2, 0) is 0 Å². The van der Waals surface area contributed by atoms with Crippen molar-refractivity contribution in [2.75, 3.05) is 27.2 Å². The van der Waals surface area contributed by atoms with Gasteiger partial charge in [-0.05, 0) is 51.6 Å². The summed E-state index contributed by atoms with van der Waals surface area (Å²) in [6.07, 6.45) is 1.24. The number of benzene rings is 1. The minimum absolute atomic E-state index is 0.0283. The van der Waals surface area contributed by atoms with Gasteiger partial charge in [0, 0.05) is 18.7 Å². The van der Waals surface area contributed by atoms with Crippen LogP contribution in [0.4, 0.5) is 9.18 Å². The molecule has 0 bridgehead atoms. The molecule has 2 unspecified atom stereocenters. The number of urea groups is 1. The summed E-state index contributed by atoms with van der Waals surface area (Å²) in [5.74, 6) is -0.278. The number of carbonyl (C=O) groups excluding carboxylic acids is 1. The van der Waals surface area contributed by atoms with Gasteiger partial charge in [-0.1, -0.05) is 19.1 Å². The third-order valence-electron chi connectivity index (χ3n) is 4.19. The summed E-state index contributed by atoms with van der Waals surface area (Å²) in [5.41, 5.74) is 0.507. The number of likely N-dealkylation sites (N-methyl/N-ethyl adjacent to an activating group) is 1. The largest absolute Gasteiger partial charge is 0.396 e. The first kappa shape index (κ1) is 19.4. The molecule has 2 atom stereocenters. The number of carbonyl (C=O) groups is 1. The standard InChI is InChI=1S/C17H28FN3O2/c1-5-17(2,10-11-22)20-16(23)19-12-15(21(3)4)13-6-8-14(18)9-7-13/h6-9,15,22H,5,10-12H2,1-4H3,(H2,19,20,23). The highest BCUT2D eigenvalue weighted by atomic mass is 19.1. The van der Waals surface area contributed by atoms with Crippen LogP contribution in [0.5, 0.6) is 0 Å². The van der Waals surface area contributed by atoms with E-state index in [4.69, 9.17) is 5.11 Å². The molecule has 1 aromatic carbocycles. The molecular weight excluding hydrogens is 297 g/mol. The van der Waals surface area contributed by atoms with Crippen molar-refractivity contribution in [2.45, 2.75) is 38.3 Å². The Bertz CT molecular complexity index is 493. The Hall–Kier alpha value is -1.66. The van der Waals surface area contributed by atoms with Crippen LogP contribution in [0, 0.1) is 5.82 Å². The van der Waals surface area contributed by atoms with Crippen LogP contribution in [0.25, 0.3) is 0 Å². The quantitative estimate of drug-likeness (QED) is 0.687. The van der Waals surface area contributed by atoms with Crippen molar-refractivity contribution >= 4 is 6.03 Å². The first-order valence-electron chi connectivity index (χ1n) is 7.90. The van der Waals surface area contributed by atoms with Gasteiger partial charge >= 0.3 is 6.03 Å². The van der Waals surface area contributed by atoms with Gasteiger partial charge < -0.3 is 20.6 Å². The highest BCUT2D eigenvalue weighted by Crippen LogP contribution is 2.18. The van der Waals surface area contributed by atoms with Gasteiger partial charge in [0.05, 0.1) is 6.04 Å². The number of aliphatic hydroxyl groups is 1. The van der Waals surface area contributed by atoms with E-state index in [-0.39, 0.29) is 24.5 Å². The van der Waals surface area contributed by atoms with Crippen molar-refractivity contribution in [1.82, 2.24) is 15.5 Å². The van der Waals surface area contributed by atoms with Crippen molar-refractivity contribution in [1.29, 1.82) is 0 Å². The topological polar surface area (TPSA) is 64.6 Å². The summed E-state index contributed by atoms with van der Waals surface area (Å²) in [5, 5.41) is 14.9. The number of rotatable bonds is 8. The molecule has 0 radical (unpaired) electrons. The van der Waals surface area contributed by atoms with Gasteiger partial charge in [-0.15, -0.1) is 0 Å². The van der Waals surface area contributed by atoms with Crippen LogP contribution >= 0.6 is 0 Å². The molecule has 0 heterocycles. The summed E-state index contributed by atoms with van der Waals surface area (Å²) in [7, 11) is 3.82. The lowest BCUT2D eigenvalue weighted by Crippen LogP contribution is -2.51. The predicted molar refractivity (Wildman–Crippen MR) is 89.8 cm³/mol. The van der Waals surface area contributed by atoms with Gasteiger partial charge in [0.1, 0.15) is 5.82 Å². The normalized spacial score (nSPS) is 15.1. The predicted octanol–water partition coefficient (Wildman–Crippen LogP) is 2.28. The van der Waals surface area contributed by atoms with E-state index in [9.17, 15) is 9.18 Å². The summed E-state index contributed by atoms with van der Waals surface area (Å²) in [4.78, 5) is 14.1. The zero-order chi connectivity index (χ0) is 17.5. The van der Waals surface area contributed by atoms with Gasteiger partial charge in [-0.2, -0.15) is 0 Å². The SMILES string of the molecule is CCC(C)(CCO)NC(=O)NCC(c1ccc(F)cc1)N(C)C. The number of hydrogen-bond acceptors (Lipinski definition) is 3. The Morgan fingerprint density at radius 1 is 1.35 bits per heavy atom. The molecule has 0 spiro atoms. The van der Waals surface area contributed by atoms with E-state index in [2.05, 4.69) is 10.6 Å². The first-order chi connectivity index (χ1) is 10.8. The molecule has 6 heteroatoms. The molecule has 23 heavy (non-hydrogen) atoms. The van der Waals surface area contributed by atoms with Gasteiger partial charge in [0.25, 0.3) is 0 Å². The molecule has 0 fully saturated rings. The molecule has 0 saturated carbocycles. The van der Waals surface area contributed by atoms with E-state index in [1.165, 1.54) is 12.1 Å². The van der Waals surface area contributed by atoms with E-state index in [0.717, 1.165) is 12.0 Å². The molecule has 0 saturated heterocycles. The van der Waals surface area contributed by atoms with Crippen molar-refractivity contribution in [2.24, 2.45) is 0 Å². The highest BCUT2D eigenvalue weighted by Gasteiger charge is 2.24. The molecular formula is C17H28FN3O2. The smallest absolute Gasteiger partial charge is 0.315 e. The van der Waals surface area contributed by atoms with Crippen molar-refractivity contribution in [3.05, 3.63) is 35.6 Å². The lowest BCUT2D eigenvalue weighted by Gasteiger charge is -2.30. The fraction of sp³-hybridized carbons (Fsp3) is 0.588. The average molecular weight is 325 g/mol. The molecule has 3 N–H and O–H groups in total. The molecule has 2 amide bonds. The molecule has 1 rings (SSSR count). The van der Waals surface area contributed by atoms with Crippen molar-refractivity contribution in [3.8, 4) is 0 Å². The van der Waals surface area contributed by atoms with Crippen LogP contribution < -0.4 is 10.6 Å². The Kier molecular flexibility index (Phi) is 7.45. The fourth-order valence-electron chi connectivity index (χ4n) is 2.37. The summed E-state index contributed by atoms with van der Waals surface area (Å²) < 4.78 is 13.0. The second kappa shape index (κ2) is 8.84. The lowest BCUT2D eigenvalue weighted by atomic mass is 9.95. The maximum absolute atomic E-state index is 13.0. The summed E-state index contributed by atoms with van der Waals surface area (Å²) >= 11 is 0. The van der Waals surface area contributed by atoms with E-state index in [0.29, 0.717) is 13.0 Å². The minimum Gasteiger partial charge on any atom is -0.396 e. The number of nitrogens with zero attached hydrogens (tertiary/aromatic N) is 1. The lowest BCUT2D eigenvalue weighted by molar-refractivity contribution is 0.197. The van der Waals surface area contributed by atoms with Crippen LogP contribution in [-0.4, -0.2) is 48.8 Å². The van der Waals surface area contributed by atoms with Gasteiger partial charge in [-0.25, -0.2) is 9.18 Å². The molecule has 0 aliphatic carbocycles. The van der Waals surface area contributed by atoms with E-state index in [1.54, 1.807) is 12.1 Å². The maximum Gasteiger partial charge on any atom is 0.315 e. The number of halogens is 1.